The molecule has 2 N–H and O–H groups in total. The van der Waals surface area contributed by atoms with Crippen molar-refractivity contribution in [2.24, 2.45) is 11.7 Å². The normalized spacial score (nSPS) is 22.9. The Labute approximate surface area is 135 Å². The number of nitrogens with two attached hydrogens (primary N) is 1. The zero-order valence-corrected chi connectivity index (χ0v) is 13.5. The number of hydrogen-bond donors (Lipinski definition) is 1. The highest BCUT2D eigenvalue weighted by Gasteiger charge is 2.28. The third kappa shape index (κ3) is 3.32. The predicted octanol–water partition coefficient (Wildman–Crippen LogP) is 2.95. The van der Waals surface area contributed by atoms with Gasteiger partial charge in [-0.25, -0.2) is 0 Å². The predicted molar refractivity (Wildman–Crippen MR) is 86.4 cm³/mol. The van der Waals surface area contributed by atoms with E-state index in [1.165, 1.54) is 12.8 Å². The number of aromatic nitrogens is 2. The average molecular weight is 321 g/mol. The fourth-order valence-electron chi connectivity index (χ4n) is 3.15. The van der Waals surface area contributed by atoms with Gasteiger partial charge in [0, 0.05) is 23.2 Å². The van der Waals surface area contributed by atoms with Crippen molar-refractivity contribution in [1.82, 2.24) is 15.0 Å². The Bertz CT molecular complexity index is 630. The molecule has 0 saturated carbocycles. The molecule has 0 amide bonds. The summed E-state index contributed by atoms with van der Waals surface area (Å²) in [4.78, 5) is 6.84. The van der Waals surface area contributed by atoms with Crippen LogP contribution in [0.4, 0.5) is 0 Å². The van der Waals surface area contributed by atoms with E-state index in [2.05, 4.69) is 22.0 Å². The highest BCUT2D eigenvalue weighted by atomic mass is 35.5. The molecule has 0 spiro atoms. The molecule has 1 saturated heterocycles. The molecule has 3 rings (SSSR count). The Morgan fingerprint density at radius 1 is 1.45 bits per heavy atom. The first-order valence-electron chi connectivity index (χ1n) is 7.70. The van der Waals surface area contributed by atoms with Gasteiger partial charge in [-0.15, -0.1) is 0 Å². The molecule has 118 valence electrons. The van der Waals surface area contributed by atoms with E-state index >= 15 is 0 Å². The van der Waals surface area contributed by atoms with E-state index in [0.717, 1.165) is 12.1 Å². The lowest BCUT2D eigenvalue weighted by Crippen LogP contribution is -2.48. The molecule has 0 radical (unpaired) electrons. The molecule has 0 aliphatic carbocycles. The molecule has 2 heterocycles. The van der Waals surface area contributed by atoms with E-state index < -0.39 is 0 Å². The molecule has 1 fully saturated rings. The van der Waals surface area contributed by atoms with Gasteiger partial charge >= 0.3 is 0 Å². The molecule has 1 aliphatic rings. The minimum absolute atomic E-state index is 0.385. The lowest BCUT2D eigenvalue weighted by atomic mass is 9.91. The van der Waals surface area contributed by atoms with Crippen LogP contribution in [0.3, 0.4) is 0 Å². The summed E-state index contributed by atoms with van der Waals surface area (Å²) in [6.45, 7) is 4.60. The largest absolute Gasteiger partial charge is 0.338 e. The van der Waals surface area contributed by atoms with Crippen LogP contribution < -0.4 is 5.73 Å². The zero-order chi connectivity index (χ0) is 15.5. The molecule has 1 aliphatic heterocycles. The minimum atomic E-state index is 0.385. The van der Waals surface area contributed by atoms with Gasteiger partial charge in [-0.3, -0.25) is 4.90 Å². The summed E-state index contributed by atoms with van der Waals surface area (Å²) in [5.41, 5.74) is 6.79. The van der Waals surface area contributed by atoms with Crippen LogP contribution in [0.1, 0.15) is 25.7 Å². The van der Waals surface area contributed by atoms with Gasteiger partial charge in [0.15, 0.2) is 0 Å². The SMILES string of the molecule is CC1CCCN(Cc2nc(-c3cccc(Cl)c3)no2)C1CN. The van der Waals surface area contributed by atoms with E-state index in [-0.39, 0.29) is 0 Å². The van der Waals surface area contributed by atoms with Crippen LogP contribution in [0.15, 0.2) is 28.8 Å². The Balaban J connectivity index is 1.74. The molecule has 0 bridgehead atoms. The Hall–Kier alpha value is -1.43. The summed E-state index contributed by atoms with van der Waals surface area (Å²) in [5.74, 6) is 1.81. The van der Waals surface area contributed by atoms with Gasteiger partial charge in [-0.2, -0.15) is 4.98 Å². The molecule has 1 aromatic heterocycles. The van der Waals surface area contributed by atoms with E-state index in [1.54, 1.807) is 0 Å². The fraction of sp³-hybridized carbons (Fsp3) is 0.500. The van der Waals surface area contributed by atoms with Crippen molar-refractivity contribution in [2.75, 3.05) is 13.1 Å². The number of benzene rings is 1. The highest BCUT2D eigenvalue weighted by molar-refractivity contribution is 6.30. The number of likely N-dealkylation sites (tertiary alicyclic amines) is 1. The van der Waals surface area contributed by atoms with Gasteiger partial charge in [-0.05, 0) is 37.4 Å². The third-order valence-corrected chi connectivity index (χ3v) is 4.60. The molecule has 2 atom stereocenters. The van der Waals surface area contributed by atoms with E-state index in [1.807, 2.05) is 24.3 Å². The maximum Gasteiger partial charge on any atom is 0.241 e. The standard InChI is InChI=1S/C16H21ClN4O/c1-11-4-3-7-21(14(11)9-18)10-15-19-16(20-22-15)12-5-2-6-13(17)8-12/h2,5-6,8,11,14H,3-4,7,9-10,18H2,1H3. The summed E-state index contributed by atoms with van der Waals surface area (Å²) in [6, 6.07) is 7.85. The highest BCUT2D eigenvalue weighted by Crippen LogP contribution is 2.25. The smallest absolute Gasteiger partial charge is 0.241 e. The fourth-order valence-corrected chi connectivity index (χ4v) is 3.34. The van der Waals surface area contributed by atoms with Crippen LogP contribution in [0.5, 0.6) is 0 Å². The first kappa shape index (κ1) is 15.5. The van der Waals surface area contributed by atoms with E-state index in [0.29, 0.717) is 41.8 Å². The van der Waals surface area contributed by atoms with Gasteiger partial charge in [0.05, 0.1) is 6.54 Å². The monoisotopic (exact) mass is 320 g/mol. The van der Waals surface area contributed by atoms with Gasteiger partial charge in [-0.1, -0.05) is 35.8 Å². The first-order valence-corrected chi connectivity index (χ1v) is 8.08. The van der Waals surface area contributed by atoms with Crippen molar-refractivity contribution in [1.29, 1.82) is 0 Å². The third-order valence-electron chi connectivity index (χ3n) is 4.36. The van der Waals surface area contributed by atoms with Gasteiger partial charge < -0.3 is 10.3 Å². The summed E-state index contributed by atoms with van der Waals surface area (Å²) >= 11 is 6.00. The average Bonchev–Trinajstić information content (AvgIpc) is 2.96. The number of hydrogen-bond acceptors (Lipinski definition) is 5. The van der Waals surface area contributed by atoms with Crippen molar-refractivity contribution in [3.05, 3.63) is 35.2 Å². The lowest BCUT2D eigenvalue weighted by Gasteiger charge is -2.38. The van der Waals surface area contributed by atoms with E-state index in [9.17, 15) is 0 Å². The van der Waals surface area contributed by atoms with Crippen LogP contribution in [0.2, 0.25) is 5.02 Å². The van der Waals surface area contributed by atoms with Crippen molar-refractivity contribution < 1.29 is 4.52 Å². The van der Waals surface area contributed by atoms with Gasteiger partial charge in [0.25, 0.3) is 0 Å². The Kier molecular flexibility index (Phi) is 4.76. The van der Waals surface area contributed by atoms with Crippen LogP contribution in [-0.4, -0.2) is 34.2 Å². The molecule has 6 heteroatoms. The summed E-state index contributed by atoms with van der Waals surface area (Å²) in [5, 5.41) is 4.72. The topological polar surface area (TPSA) is 68.2 Å². The van der Waals surface area contributed by atoms with Crippen molar-refractivity contribution in [3.63, 3.8) is 0 Å². The maximum atomic E-state index is 6.00. The number of halogens is 1. The molecule has 5 nitrogen and oxygen atoms in total. The van der Waals surface area contributed by atoms with Gasteiger partial charge in [0.1, 0.15) is 0 Å². The maximum absolute atomic E-state index is 6.00. The zero-order valence-electron chi connectivity index (χ0n) is 12.7. The second-order valence-corrected chi connectivity index (χ2v) is 6.35. The Morgan fingerprint density at radius 2 is 2.32 bits per heavy atom. The molecular weight excluding hydrogens is 300 g/mol. The molecule has 2 unspecified atom stereocenters. The molecule has 2 aromatic rings. The number of nitrogens with zero attached hydrogens (tertiary/aromatic N) is 3. The van der Waals surface area contributed by atoms with Crippen LogP contribution in [0, 0.1) is 5.92 Å². The number of piperidine rings is 1. The summed E-state index contributed by atoms with van der Waals surface area (Å²) < 4.78 is 5.40. The minimum Gasteiger partial charge on any atom is -0.338 e. The molecule has 22 heavy (non-hydrogen) atoms. The van der Waals surface area contributed by atoms with Gasteiger partial charge in [0.2, 0.25) is 11.7 Å². The second kappa shape index (κ2) is 6.77. The van der Waals surface area contributed by atoms with Crippen molar-refractivity contribution in [3.8, 4) is 11.4 Å². The van der Waals surface area contributed by atoms with Crippen LogP contribution >= 0.6 is 11.6 Å². The van der Waals surface area contributed by atoms with Crippen molar-refractivity contribution >= 4 is 11.6 Å². The summed E-state index contributed by atoms with van der Waals surface area (Å²) in [7, 11) is 0. The van der Waals surface area contributed by atoms with Crippen LogP contribution in [-0.2, 0) is 6.54 Å². The molecule has 1 aromatic carbocycles. The number of rotatable bonds is 4. The lowest BCUT2D eigenvalue weighted by molar-refractivity contribution is 0.0874. The van der Waals surface area contributed by atoms with Crippen LogP contribution in [0.25, 0.3) is 11.4 Å². The molecular formula is C16H21ClN4O. The van der Waals surface area contributed by atoms with E-state index in [4.69, 9.17) is 21.9 Å². The summed E-state index contributed by atoms with van der Waals surface area (Å²) in [6.07, 6.45) is 2.42. The quantitative estimate of drug-likeness (QED) is 0.938. The van der Waals surface area contributed by atoms with Crippen molar-refractivity contribution in [2.45, 2.75) is 32.4 Å². The first-order chi connectivity index (χ1) is 10.7. The second-order valence-electron chi connectivity index (χ2n) is 5.92. The Morgan fingerprint density at radius 3 is 3.09 bits per heavy atom.